The highest BCUT2D eigenvalue weighted by Gasteiger charge is 2.03. The molecule has 0 spiro atoms. The van der Waals surface area contributed by atoms with Crippen LogP contribution in [-0.2, 0) is 13.0 Å². The van der Waals surface area contributed by atoms with Crippen LogP contribution in [0.25, 0.3) is 0 Å². The van der Waals surface area contributed by atoms with E-state index in [-0.39, 0.29) is 0 Å². The maximum absolute atomic E-state index is 8.69. The van der Waals surface area contributed by atoms with E-state index in [0.29, 0.717) is 6.54 Å². The molecule has 0 unspecified atom stereocenters. The maximum Gasteiger partial charge on any atom is 0.205 e. The van der Waals surface area contributed by atoms with Crippen LogP contribution in [0.5, 0.6) is 0 Å². The molecule has 0 saturated heterocycles. The Kier molecular flexibility index (Phi) is 3.49. The molecule has 2 rings (SSSR count). The number of thiophene rings is 1. The van der Waals surface area contributed by atoms with Gasteiger partial charge in [-0.3, -0.25) is 0 Å². The average molecular weight is 250 g/mol. The molecule has 0 amide bonds. The Labute approximate surface area is 102 Å². The SMILES string of the molecule is CCc1nnc(NCc2ccc(C#N)s2)s1. The lowest BCUT2D eigenvalue weighted by Gasteiger charge is -1.97. The van der Waals surface area contributed by atoms with Gasteiger partial charge in [0.05, 0.1) is 6.54 Å². The molecule has 0 fully saturated rings. The first-order valence-electron chi connectivity index (χ1n) is 4.87. The number of hydrogen-bond donors (Lipinski definition) is 1. The predicted octanol–water partition coefficient (Wildman–Crippen LogP) is 2.65. The molecule has 2 aromatic heterocycles. The summed E-state index contributed by atoms with van der Waals surface area (Å²) in [7, 11) is 0. The van der Waals surface area contributed by atoms with E-state index < -0.39 is 0 Å². The smallest absolute Gasteiger partial charge is 0.205 e. The van der Waals surface area contributed by atoms with Crippen molar-refractivity contribution in [3.8, 4) is 6.07 Å². The Balaban J connectivity index is 1.94. The first-order valence-corrected chi connectivity index (χ1v) is 6.50. The Bertz CT molecular complexity index is 509. The molecule has 2 aromatic rings. The number of hydrogen-bond acceptors (Lipinski definition) is 6. The van der Waals surface area contributed by atoms with Gasteiger partial charge in [0, 0.05) is 4.88 Å². The van der Waals surface area contributed by atoms with Crippen molar-refractivity contribution in [1.29, 1.82) is 5.26 Å². The molecule has 6 heteroatoms. The van der Waals surface area contributed by atoms with Crippen LogP contribution in [0.3, 0.4) is 0 Å². The number of nitriles is 1. The molecule has 0 aromatic carbocycles. The van der Waals surface area contributed by atoms with Crippen LogP contribution >= 0.6 is 22.7 Å². The predicted molar refractivity (Wildman–Crippen MR) is 65.6 cm³/mol. The Morgan fingerprint density at radius 3 is 2.88 bits per heavy atom. The summed E-state index contributed by atoms with van der Waals surface area (Å²) in [5.41, 5.74) is 0. The second kappa shape index (κ2) is 5.05. The molecule has 0 aliphatic heterocycles. The van der Waals surface area contributed by atoms with E-state index in [1.807, 2.05) is 12.1 Å². The molecule has 1 N–H and O–H groups in total. The quantitative estimate of drug-likeness (QED) is 0.906. The van der Waals surface area contributed by atoms with Crippen LogP contribution in [0.1, 0.15) is 21.7 Å². The summed E-state index contributed by atoms with van der Waals surface area (Å²) in [6.45, 7) is 2.76. The Morgan fingerprint density at radius 2 is 2.25 bits per heavy atom. The highest BCUT2D eigenvalue weighted by Crippen LogP contribution is 2.19. The van der Waals surface area contributed by atoms with Crippen molar-refractivity contribution >= 4 is 27.8 Å². The van der Waals surface area contributed by atoms with Crippen molar-refractivity contribution in [2.75, 3.05) is 5.32 Å². The molecule has 0 radical (unpaired) electrons. The van der Waals surface area contributed by atoms with E-state index in [0.717, 1.165) is 26.3 Å². The molecule has 16 heavy (non-hydrogen) atoms. The molecule has 0 atom stereocenters. The Hall–Kier alpha value is -1.45. The van der Waals surface area contributed by atoms with Gasteiger partial charge in [0.2, 0.25) is 5.13 Å². The summed E-state index contributed by atoms with van der Waals surface area (Å²) < 4.78 is 0. The zero-order valence-electron chi connectivity index (χ0n) is 8.73. The Morgan fingerprint density at radius 1 is 1.38 bits per heavy atom. The summed E-state index contributed by atoms with van der Waals surface area (Å²) in [4.78, 5) is 1.87. The van der Waals surface area contributed by atoms with Crippen molar-refractivity contribution in [3.63, 3.8) is 0 Å². The zero-order valence-corrected chi connectivity index (χ0v) is 10.4. The number of anilines is 1. The number of nitrogens with zero attached hydrogens (tertiary/aromatic N) is 3. The first-order chi connectivity index (χ1) is 7.81. The molecule has 0 aliphatic rings. The van der Waals surface area contributed by atoms with E-state index in [1.54, 1.807) is 11.3 Å². The van der Waals surface area contributed by atoms with Crippen LogP contribution in [0.15, 0.2) is 12.1 Å². The number of aryl methyl sites for hydroxylation is 1. The minimum atomic E-state index is 0.699. The molecule has 0 bridgehead atoms. The fourth-order valence-corrected chi connectivity index (χ4v) is 2.58. The van der Waals surface area contributed by atoms with Gasteiger partial charge in [0.15, 0.2) is 0 Å². The van der Waals surface area contributed by atoms with Gasteiger partial charge in [0.1, 0.15) is 16.0 Å². The van der Waals surface area contributed by atoms with Crippen molar-refractivity contribution in [2.45, 2.75) is 19.9 Å². The van der Waals surface area contributed by atoms with Gasteiger partial charge < -0.3 is 5.32 Å². The van der Waals surface area contributed by atoms with Crippen LogP contribution in [0, 0.1) is 11.3 Å². The number of rotatable bonds is 4. The molecular weight excluding hydrogens is 240 g/mol. The van der Waals surface area contributed by atoms with Crippen LogP contribution < -0.4 is 5.32 Å². The fraction of sp³-hybridized carbons (Fsp3) is 0.300. The van der Waals surface area contributed by atoms with Gasteiger partial charge in [-0.1, -0.05) is 18.3 Å². The standard InChI is InChI=1S/C10H10N4S2/c1-2-9-13-14-10(16-9)12-6-8-4-3-7(5-11)15-8/h3-4H,2,6H2,1H3,(H,12,14). The van der Waals surface area contributed by atoms with Crippen LogP contribution in [0.4, 0.5) is 5.13 Å². The second-order valence-corrected chi connectivity index (χ2v) is 5.32. The van der Waals surface area contributed by atoms with Crippen molar-refractivity contribution in [3.05, 3.63) is 26.9 Å². The molecule has 0 saturated carbocycles. The average Bonchev–Trinajstić information content (AvgIpc) is 2.95. The largest absolute Gasteiger partial charge is 0.355 e. The maximum atomic E-state index is 8.69. The third-order valence-electron chi connectivity index (χ3n) is 1.95. The summed E-state index contributed by atoms with van der Waals surface area (Å²) in [5, 5.41) is 21.8. The molecule has 82 valence electrons. The lowest BCUT2D eigenvalue weighted by Crippen LogP contribution is -1.96. The molecule has 4 nitrogen and oxygen atoms in total. The van der Waals surface area contributed by atoms with E-state index >= 15 is 0 Å². The second-order valence-electron chi connectivity index (χ2n) is 3.09. The van der Waals surface area contributed by atoms with Gasteiger partial charge in [-0.2, -0.15) is 5.26 Å². The molecule has 2 heterocycles. The van der Waals surface area contributed by atoms with Crippen LogP contribution in [-0.4, -0.2) is 10.2 Å². The van der Waals surface area contributed by atoms with E-state index in [1.165, 1.54) is 11.3 Å². The highest BCUT2D eigenvalue weighted by atomic mass is 32.1. The monoisotopic (exact) mass is 250 g/mol. The first kappa shape index (κ1) is 11.0. The van der Waals surface area contributed by atoms with Gasteiger partial charge in [-0.15, -0.1) is 21.5 Å². The topological polar surface area (TPSA) is 61.6 Å². The summed E-state index contributed by atoms with van der Waals surface area (Å²) >= 11 is 3.07. The van der Waals surface area contributed by atoms with Gasteiger partial charge >= 0.3 is 0 Å². The summed E-state index contributed by atoms with van der Waals surface area (Å²) in [5.74, 6) is 0. The zero-order chi connectivity index (χ0) is 11.4. The van der Waals surface area contributed by atoms with Crippen LogP contribution in [0.2, 0.25) is 0 Å². The number of nitrogens with one attached hydrogen (secondary N) is 1. The van der Waals surface area contributed by atoms with Crippen molar-refractivity contribution in [2.24, 2.45) is 0 Å². The lowest BCUT2D eigenvalue weighted by molar-refractivity contribution is 0.977. The lowest BCUT2D eigenvalue weighted by atomic mass is 10.4. The van der Waals surface area contributed by atoms with Gasteiger partial charge in [-0.05, 0) is 18.6 Å². The van der Waals surface area contributed by atoms with E-state index in [2.05, 4.69) is 28.5 Å². The number of aromatic nitrogens is 2. The molecule has 0 aliphatic carbocycles. The van der Waals surface area contributed by atoms with Gasteiger partial charge in [0.25, 0.3) is 0 Å². The minimum Gasteiger partial charge on any atom is -0.355 e. The fourth-order valence-electron chi connectivity index (χ4n) is 1.16. The summed E-state index contributed by atoms with van der Waals surface area (Å²) in [6.07, 6.45) is 0.914. The third-order valence-corrected chi connectivity index (χ3v) is 3.97. The highest BCUT2D eigenvalue weighted by molar-refractivity contribution is 7.15. The van der Waals surface area contributed by atoms with E-state index in [4.69, 9.17) is 5.26 Å². The van der Waals surface area contributed by atoms with Gasteiger partial charge in [-0.25, -0.2) is 0 Å². The summed E-state index contributed by atoms with van der Waals surface area (Å²) in [6, 6.07) is 5.91. The van der Waals surface area contributed by atoms with Crippen molar-refractivity contribution < 1.29 is 0 Å². The van der Waals surface area contributed by atoms with E-state index in [9.17, 15) is 0 Å². The molecular formula is C10H10N4S2. The van der Waals surface area contributed by atoms with Crippen molar-refractivity contribution in [1.82, 2.24) is 10.2 Å². The minimum absolute atomic E-state index is 0.699. The third kappa shape index (κ3) is 2.56. The normalized spacial score (nSPS) is 10.0.